The summed E-state index contributed by atoms with van der Waals surface area (Å²) < 4.78 is 5.22. The summed E-state index contributed by atoms with van der Waals surface area (Å²) >= 11 is 0. The molecule has 2 fully saturated rings. The third kappa shape index (κ3) is 1.99. The third-order valence-electron chi connectivity index (χ3n) is 4.83. The van der Waals surface area contributed by atoms with E-state index in [-0.39, 0.29) is 11.3 Å². The highest BCUT2D eigenvalue weighted by Crippen LogP contribution is 2.47. The van der Waals surface area contributed by atoms with E-state index < -0.39 is 0 Å². The molecule has 108 valence electrons. The fourth-order valence-corrected chi connectivity index (χ4v) is 3.73. The van der Waals surface area contributed by atoms with Gasteiger partial charge in [0, 0.05) is 26.1 Å². The molecule has 2 heterocycles. The number of carbonyl (C=O) groups excluding carboxylic acids is 1. The van der Waals surface area contributed by atoms with Crippen LogP contribution in [-0.2, 0) is 4.79 Å². The van der Waals surface area contributed by atoms with E-state index in [0.29, 0.717) is 5.91 Å². The Morgan fingerprint density at radius 1 is 1.35 bits per heavy atom. The smallest absolute Gasteiger partial charge is 0.230 e. The van der Waals surface area contributed by atoms with Gasteiger partial charge in [0.05, 0.1) is 12.5 Å². The van der Waals surface area contributed by atoms with Crippen LogP contribution in [-0.4, -0.2) is 44.6 Å². The summed E-state index contributed by atoms with van der Waals surface area (Å²) in [5.41, 5.74) is 0.994. The Kier molecular flexibility index (Phi) is 3.42. The van der Waals surface area contributed by atoms with Crippen LogP contribution in [0.4, 0.5) is 0 Å². The number of ether oxygens (including phenoxy) is 1. The summed E-state index contributed by atoms with van der Waals surface area (Å²) in [6.45, 7) is 2.63. The Morgan fingerprint density at radius 2 is 2.10 bits per heavy atom. The first-order valence-corrected chi connectivity index (χ1v) is 7.27. The summed E-state index contributed by atoms with van der Waals surface area (Å²) in [6, 6.07) is 8.18. The van der Waals surface area contributed by atoms with Crippen LogP contribution in [0, 0.1) is 5.41 Å². The Morgan fingerprint density at radius 3 is 2.70 bits per heavy atom. The minimum atomic E-state index is -0.248. The topological polar surface area (TPSA) is 41.6 Å². The molecule has 2 aliphatic rings. The number of piperidine rings is 1. The molecule has 20 heavy (non-hydrogen) atoms. The van der Waals surface area contributed by atoms with E-state index in [4.69, 9.17) is 4.74 Å². The number of methoxy groups -OCH3 is 1. The number of likely N-dealkylation sites (N-methyl/N-ethyl adjacent to an activating group) is 1. The average Bonchev–Trinajstić information content (AvgIpc) is 2.74. The largest absolute Gasteiger partial charge is 0.497 e. The van der Waals surface area contributed by atoms with Crippen LogP contribution in [0.3, 0.4) is 0 Å². The normalized spacial score (nSPS) is 30.0. The van der Waals surface area contributed by atoms with Gasteiger partial charge >= 0.3 is 0 Å². The SMILES string of the molecule is COc1ccc([C@H]2CN(C)C(=O)[C@@]23CCCNC3)cc1. The highest BCUT2D eigenvalue weighted by atomic mass is 16.5. The Balaban J connectivity index is 1.95. The lowest BCUT2D eigenvalue weighted by Crippen LogP contribution is -2.47. The summed E-state index contributed by atoms with van der Waals surface area (Å²) in [5.74, 6) is 1.44. The van der Waals surface area contributed by atoms with Crippen LogP contribution in [0.2, 0.25) is 0 Å². The van der Waals surface area contributed by atoms with Crippen molar-refractivity contribution < 1.29 is 9.53 Å². The number of amides is 1. The van der Waals surface area contributed by atoms with Gasteiger partial charge in [-0.1, -0.05) is 12.1 Å². The molecule has 0 aliphatic carbocycles. The molecule has 0 radical (unpaired) electrons. The molecule has 1 aromatic carbocycles. The number of hydrogen-bond acceptors (Lipinski definition) is 3. The molecule has 0 aromatic heterocycles. The van der Waals surface area contributed by atoms with Crippen molar-refractivity contribution in [3.63, 3.8) is 0 Å². The van der Waals surface area contributed by atoms with Crippen LogP contribution in [0.15, 0.2) is 24.3 Å². The van der Waals surface area contributed by atoms with Gasteiger partial charge < -0.3 is 15.0 Å². The first-order valence-electron chi connectivity index (χ1n) is 7.27. The minimum absolute atomic E-state index is 0.248. The van der Waals surface area contributed by atoms with Gasteiger partial charge in [0.25, 0.3) is 0 Å². The molecule has 0 bridgehead atoms. The zero-order valence-corrected chi connectivity index (χ0v) is 12.2. The molecular weight excluding hydrogens is 252 g/mol. The molecule has 2 aliphatic heterocycles. The number of carbonyl (C=O) groups is 1. The van der Waals surface area contributed by atoms with Crippen molar-refractivity contribution in [1.29, 1.82) is 0 Å². The molecule has 0 saturated carbocycles. The van der Waals surface area contributed by atoms with Crippen molar-refractivity contribution in [2.75, 3.05) is 33.8 Å². The van der Waals surface area contributed by atoms with Crippen molar-refractivity contribution in [2.45, 2.75) is 18.8 Å². The standard InChI is InChI=1S/C16H22N2O2/c1-18-10-14(12-4-6-13(20-2)7-5-12)16(15(18)19)8-3-9-17-11-16/h4-7,14,17H,3,8-11H2,1-2H3/t14-,16-/m1/s1. The van der Waals surface area contributed by atoms with Gasteiger partial charge in [-0.2, -0.15) is 0 Å². The fraction of sp³-hybridized carbons (Fsp3) is 0.562. The van der Waals surface area contributed by atoms with Crippen LogP contribution < -0.4 is 10.1 Å². The van der Waals surface area contributed by atoms with Crippen LogP contribution in [0.5, 0.6) is 5.75 Å². The quantitative estimate of drug-likeness (QED) is 0.891. The highest BCUT2D eigenvalue weighted by Gasteiger charge is 2.53. The zero-order chi connectivity index (χ0) is 14.2. The van der Waals surface area contributed by atoms with E-state index in [1.165, 1.54) is 5.56 Å². The first-order chi connectivity index (χ1) is 9.67. The van der Waals surface area contributed by atoms with E-state index in [0.717, 1.165) is 38.2 Å². The monoisotopic (exact) mass is 274 g/mol. The van der Waals surface area contributed by atoms with Gasteiger partial charge in [-0.15, -0.1) is 0 Å². The number of hydrogen-bond donors (Lipinski definition) is 1. The van der Waals surface area contributed by atoms with Gasteiger partial charge in [0.15, 0.2) is 0 Å². The Hall–Kier alpha value is -1.55. The lowest BCUT2D eigenvalue weighted by atomic mass is 9.69. The molecule has 4 nitrogen and oxygen atoms in total. The molecule has 1 aromatic rings. The highest BCUT2D eigenvalue weighted by molar-refractivity contribution is 5.87. The number of nitrogens with zero attached hydrogens (tertiary/aromatic N) is 1. The second-order valence-electron chi connectivity index (χ2n) is 5.95. The van der Waals surface area contributed by atoms with Crippen molar-refractivity contribution in [1.82, 2.24) is 10.2 Å². The fourth-order valence-electron chi connectivity index (χ4n) is 3.73. The molecule has 1 spiro atoms. The number of benzene rings is 1. The van der Waals surface area contributed by atoms with Crippen molar-refractivity contribution in [2.24, 2.45) is 5.41 Å². The van der Waals surface area contributed by atoms with E-state index in [9.17, 15) is 4.79 Å². The third-order valence-corrected chi connectivity index (χ3v) is 4.83. The zero-order valence-electron chi connectivity index (χ0n) is 12.2. The molecule has 2 atom stereocenters. The molecule has 4 heteroatoms. The number of nitrogens with one attached hydrogen (secondary N) is 1. The van der Waals surface area contributed by atoms with E-state index in [1.54, 1.807) is 7.11 Å². The number of rotatable bonds is 2. The van der Waals surface area contributed by atoms with Crippen molar-refractivity contribution >= 4 is 5.91 Å². The summed E-state index contributed by atoms with van der Waals surface area (Å²) in [6.07, 6.45) is 2.06. The van der Waals surface area contributed by atoms with E-state index >= 15 is 0 Å². The molecule has 1 amide bonds. The number of likely N-dealkylation sites (tertiary alicyclic amines) is 1. The van der Waals surface area contributed by atoms with Gasteiger partial charge in [-0.25, -0.2) is 0 Å². The maximum Gasteiger partial charge on any atom is 0.230 e. The molecule has 3 rings (SSSR count). The predicted octanol–water partition coefficient (Wildman–Crippen LogP) is 1.62. The van der Waals surface area contributed by atoms with Crippen molar-refractivity contribution in [3.05, 3.63) is 29.8 Å². The molecule has 0 unspecified atom stereocenters. The molecular formula is C16H22N2O2. The lowest BCUT2D eigenvalue weighted by molar-refractivity contribution is -0.136. The van der Waals surface area contributed by atoms with Crippen LogP contribution >= 0.6 is 0 Å². The van der Waals surface area contributed by atoms with E-state index in [1.807, 2.05) is 24.1 Å². The van der Waals surface area contributed by atoms with Gasteiger partial charge in [0.2, 0.25) is 5.91 Å². The van der Waals surface area contributed by atoms with Gasteiger partial charge in [0.1, 0.15) is 5.75 Å². The Labute approximate surface area is 120 Å². The molecule has 1 N–H and O–H groups in total. The maximum atomic E-state index is 12.7. The minimum Gasteiger partial charge on any atom is -0.497 e. The maximum absolute atomic E-state index is 12.7. The summed E-state index contributed by atoms with van der Waals surface area (Å²) in [5, 5.41) is 3.42. The summed E-state index contributed by atoms with van der Waals surface area (Å²) in [7, 11) is 3.59. The molecule has 2 saturated heterocycles. The first kappa shape index (κ1) is 13.4. The van der Waals surface area contributed by atoms with Gasteiger partial charge in [-0.3, -0.25) is 4.79 Å². The Bertz CT molecular complexity index is 492. The van der Waals surface area contributed by atoms with Gasteiger partial charge in [-0.05, 0) is 37.1 Å². The average molecular weight is 274 g/mol. The predicted molar refractivity (Wildman–Crippen MR) is 77.9 cm³/mol. The van der Waals surface area contributed by atoms with Crippen LogP contribution in [0.1, 0.15) is 24.3 Å². The van der Waals surface area contributed by atoms with E-state index in [2.05, 4.69) is 17.4 Å². The van der Waals surface area contributed by atoms with Crippen LogP contribution in [0.25, 0.3) is 0 Å². The second kappa shape index (κ2) is 5.09. The van der Waals surface area contributed by atoms with Crippen molar-refractivity contribution in [3.8, 4) is 5.75 Å². The summed E-state index contributed by atoms with van der Waals surface area (Å²) in [4.78, 5) is 14.5. The second-order valence-corrected chi connectivity index (χ2v) is 5.95. The lowest BCUT2D eigenvalue weighted by Gasteiger charge is -2.36.